The normalized spacial score (nSPS) is 13.3. The van der Waals surface area contributed by atoms with Crippen molar-refractivity contribution in [3.05, 3.63) is 18.2 Å². The van der Waals surface area contributed by atoms with Crippen LogP contribution in [-0.2, 0) is 0 Å². The van der Waals surface area contributed by atoms with Gasteiger partial charge in [-0.05, 0) is 32.6 Å². The third kappa shape index (κ3) is 18.5. The predicted molar refractivity (Wildman–Crippen MR) is 170 cm³/mol. The van der Waals surface area contributed by atoms with Crippen LogP contribution in [0.1, 0.15) is 219 Å². The molecule has 1 rings (SSSR count). The second-order valence-electron chi connectivity index (χ2n) is 12.6. The molecule has 1 aromatic rings. The van der Waals surface area contributed by atoms with Crippen molar-refractivity contribution >= 4 is 0 Å². The van der Waals surface area contributed by atoms with Crippen LogP contribution in [0.3, 0.4) is 0 Å². The van der Waals surface area contributed by atoms with E-state index in [2.05, 4.69) is 49.6 Å². The first-order chi connectivity index (χ1) is 18.7. The Morgan fingerprint density at radius 1 is 0.500 bits per heavy atom. The van der Waals surface area contributed by atoms with Gasteiger partial charge in [0.2, 0.25) is 0 Å². The highest BCUT2D eigenvalue weighted by molar-refractivity contribution is 4.90. The first kappa shape index (κ1) is 35.2. The summed E-state index contributed by atoms with van der Waals surface area (Å²) in [6, 6.07) is 0.621. The zero-order chi connectivity index (χ0) is 27.5. The number of unbranched alkanes of at least 4 members (excludes halogenated alkanes) is 21. The van der Waals surface area contributed by atoms with Crippen LogP contribution in [0.15, 0.2) is 12.4 Å². The number of rotatable bonds is 29. The van der Waals surface area contributed by atoms with Gasteiger partial charge < -0.3 is 0 Å². The third-order valence-corrected chi connectivity index (χ3v) is 8.89. The highest BCUT2D eigenvalue weighted by atomic mass is 15.1. The summed E-state index contributed by atoms with van der Waals surface area (Å²) >= 11 is 0. The van der Waals surface area contributed by atoms with Gasteiger partial charge in [-0.2, -0.15) is 0 Å². The maximum Gasteiger partial charge on any atom is 0.257 e. The van der Waals surface area contributed by atoms with Crippen LogP contribution in [0.4, 0.5) is 0 Å². The van der Waals surface area contributed by atoms with E-state index >= 15 is 0 Å². The molecule has 0 amide bonds. The SMILES string of the molecule is CCCCCCCCCCCCCC(C)[n+]1cc[nH]c1C(CCCCC)CCCCCCCCCCCC. The summed E-state index contributed by atoms with van der Waals surface area (Å²) in [4.78, 5) is 3.71. The van der Waals surface area contributed by atoms with Crippen molar-refractivity contribution in [1.29, 1.82) is 0 Å². The number of aromatic amines is 1. The topological polar surface area (TPSA) is 19.7 Å². The highest BCUT2D eigenvalue weighted by Gasteiger charge is 2.25. The van der Waals surface area contributed by atoms with Crippen molar-refractivity contribution < 1.29 is 4.57 Å². The monoisotopic (exact) mass is 532 g/mol. The summed E-state index contributed by atoms with van der Waals surface area (Å²) in [6.45, 7) is 9.41. The van der Waals surface area contributed by atoms with Crippen LogP contribution in [0.2, 0.25) is 0 Å². The van der Waals surface area contributed by atoms with Crippen molar-refractivity contribution in [2.45, 2.75) is 213 Å². The lowest BCUT2D eigenvalue weighted by Gasteiger charge is -2.17. The second kappa shape index (κ2) is 26.4. The lowest BCUT2D eigenvalue weighted by atomic mass is 9.93. The predicted octanol–water partition coefficient (Wildman–Crippen LogP) is 12.5. The van der Waals surface area contributed by atoms with E-state index in [1.54, 1.807) is 0 Å². The van der Waals surface area contributed by atoms with Gasteiger partial charge in [0.25, 0.3) is 5.82 Å². The van der Waals surface area contributed by atoms with Gasteiger partial charge in [0.1, 0.15) is 12.4 Å². The highest BCUT2D eigenvalue weighted by Crippen LogP contribution is 2.27. The molecule has 1 heterocycles. The third-order valence-electron chi connectivity index (χ3n) is 8.89. The zero-order valence-corrected chi connectivity index (χ0v) is 26.8. The Morgan fingerprint density at radius 2 is 0.842 bits per heavy atom. The molecule has 0 fully saturated rings. The fourth-order valence-corrected chi connectivity index (χ4v) is 6.25. The standard InChI is InChI=1S/C36H70N2/c1-5-8-11-13-15-17-19-20-22-24-27-29-34(4)38-33-32-37-36(38)35(30-26-10-7-3)31-28-25-23-21-18-16-14-12-9-6-2/h32-35H,5-31H2,1-4H3/p+1. The van der Waals surface area contributed by atoms with Gasteiger partial charge >= 0.3 is 0 Å². The van der Waals surface area contributed by atoms with E-state index in [1.807, 2.05) is 0 Å². The molecule has 0 saturated carbocycles. The van der Waals surface area contributed by atoms with Crippen molar-refractivity contribution in [1.82, 2.24) is 4.98 Å². The molecular weight excluding hydrogens is 460 g/mol. The maximum absolute atomic E-state index is 3.71. The summed E-state index contributed by atoms with van der Waals surface area (Å²) in [6.07, 6.45) is 42.8. The van der Waals surface area contributed by atoms with Gasteiger partial charge in [-0.3, -0.25) is 0 Å². The molecule has 0 radical (unpaired) electrons. The van der Waals surface area contributed by atoms with E-state index in [9.17, 15) is 0 Å². The van der Waals surface area contributed by atoms with Gasteiger partial charge in [-0.1, -0.05) is 168 Å². The molecule has 0 bridgehead atoms. The summed E-state index contributed by atoms with van der Waals surface area (Å²) in [5.41, 5.74) is 0. The number of H-pyrrole nitrogens is 1. The second-order valence-corrected chi connectivity index (χ2v) is 12.6. The quantitative estimate of drug-likeness (QED) is 0.0783. The Labute approximate surface area is 240 Å². The molecule has 0 aliphatic carbocycles. The first-order valence-corrected chi connectivity index (χ1v) is 17.8. The van der Waals surface area contributed by atoms with E-state index in [4.69, 9.17) is 0 Å². The number of nitrogens with zero attached hydrogens (tertiary/aromatic N) is 1. The van der Waals surface area contributed by atoms with Crippen LogP contribution in [0.5, 0.6) is 0 Å². The Bertz CT molecular complexity index is 592. The van der Waals surface area contributed by atoms with Crippen molar-refractivity contribution in [3.8, 4) is 0 Å². The van der Waals surface area contributed by atoms with Gasteiger partial charge in [-0.15, -0.1) is 0 Å². The molecule has 1 N–H and O–H groups in total. The van der Waals surface area contributed by atoms with Crippen LogP contribution < -0.4 is 4.57 Å². The number of nitrogens with one attached hydrogen (secondary N) is 1. The lowest BCUT2D eigenvalue weighted by Crippen LogP contribution is -2.41. The fourth-order valence-electron chi connectivity index (χ4n) is 6.25. The molecule has 0 aliphatic rings. The Balaban J connectivity index is 2.31. The van der Waals surface area contributed by atoms with E-state index in [-0.39, 0.29) is 0 Å². The smallest absolute Gasteiger partial charge is 0.247 e. The molecule has 1 aromatic heterocycles. The Kier molecular flexibility index (Phi) is 24.5. The van der Waals surface area contributed by atoms with E-state index in [0.29, 0.717) is 12.0 Å². The Morgan fingerprint density at radius 3 is 1.29 bits per heavy atom. The molecule has 0 saturated heterocycles. The molecule has 0 aliphatic heterocycles. The average Bonchev–Trinajstić information content (AvgIpc) is 3.42. The minimum absolute atomic E-state index is 0.621. The van der Waals surface area contributed by atoms with Crippen LogP contribution in [0.25, 0.3) is 0 Å². The van der Waals surface area contributed by atoms with Gasteiger partial charge in [0.15, 0.2) is 0 Å². The van der Waals surface area contributed by atoms with Crippen LogP contribution >= 0.6 is 0 Å². The zero-order valence-electron chi connectivity index (χ0n) is 26.8. The number of aromatic nitrogens is 2. The largest absolute Gasteiger partial charge is 0.257 e. The minimum atomic E-state index is 0.621. The van der Waals surface area contributed by atoms with E-state index in [1.165, 1.54) is 179 Å². The summed E-state index contributed by atoms with van der Waals surface area (Å²) in [7, 11) is 0. The van der Waals surface area contributed by atoms with Crippen LogP contribution in [0, 0.1) is 0 Å². The van der Waals surface area contributed by atoms with Gasteiger partial charge in [0, 0.05) is 0 Å². The van der Waals surface area contributed by atoms with Gasteiger partial charge in [-0.25, -0.2) is 9.55 Å². The summed E-state index contributed by atoms with van der Waals surface area (Å²) < 4.78 is 2.61. The molecule has 2 nitrogen and oxygen atoms in total. The average molecular weight is 532 g/mol. The molecule has 2 atom stereocenters. The molecule has 38 heavy (non-hydrogen) atoms. The van der Waals surface area contributed by atoms with Crippen molar-refractivity contribution in [2.24, 2.45) is 0 Å². The molecule has 0 spiro atoms. The van der Waals surface area contributed by atoms with Crippen molar-refractivity contribution in [3.63, 3.8) is 0 Å². The molecular formula is C36H71N2+. The fraction of sp³-hybridized carbons (Fsp3) is 0.917. The molecule has 0 aromatic carbocycles. The number of imidazole rings is 1. The molecule has 2 unspecified atom stereocenters. The Hall–Kier alpha value is -0.790. The molecule has 2 heteroatoms. The summed E-state index contributed by atoms with van der Waals surface area (Å²) in [5, 5.41) is 0. The number of hydrogen-bond donors (Lipinski definition) is 1. The maximum atomic E-state index is 3.71. The van der Waals surface area contributed by atoms with E-state index < -0.39 is 0 Å². The summed E-state index contributed by atoms with van der Waals surface area (Å²) in [5.74, 6) is 2.23. The van der Waals surface area contributed by atoms with Crippen LogP contribution in [-0.4, -0.2) is 4.98 Å². The minimum Gasteiger partial charge on any atom is -0.247 e. The van der Waals surface area contributed by atoms with E-state index in [0.717, 1.165) is 0 Å². The lowest BCUT2D eigenvalue weighted by molar-refractivity contribution is -0.727. The molecule has 224 valence electrons. The van der Waals surface area contributed by atoms with Gasteiger partial charge in [0.05, 0.1) is 12.0 Å². The number of hydrogen-bond acceptors (Lipinski definition) is 0. The first-order valence-electron chi connectivity index (χ1n) is 17.8. The van der Waals surface area contributed by atoms with Crippen molar-refractivity contribution in [2.75, 3.05) is 0 Å².